The minimum absolute atomic E-state index is 0.0783. The predicted octanol–water partition coefficient (Wildman–Crippen LogP) is 2.75. The second-order valence-electron chi connectivity index (χ2n) is 4.96. The van der Waals surface area contributed by atoms with Crippen LogP contribution in [-0.2, 0) is 4.74 Å². The van der Waals surface area contributed by atoms with Crippen LogP contribution in [0.2, 0.25) is 0 Å². The van der Waals surface area contributed by atoms with Gasteiger partial charge in [-0.2, -0.15) is 5.26 Å². The molecule has 0 bridgehead atoms. The smallest absolute Gasteiger partial charge is 0.0832 e. The number of hydrogen-bond donors (Lipinski definition) is 2. The molecule has 0 saturated carbocycles. The van der Waals surface area contributed by atoms with Gasteiger partial charge in [0.15, 0.2) is 0 Å². The lowest BCUT2D eigenvalue weighted by Gasteiger charge is -2.29. The number of fused-ring (bicyclic) bond motifs is 1. The fourth-order valence-corrected chi connectivity index (χ4v) is 3.33. The van der Waals surface area contributed by atoms with Gasteiger partial charge in [-0.05, 0) is 24.3 Å². The number of anilines is 2. The highest BCUT2D eigenvalue weighted by molar-refractivity contribution is 7.17. The molecule has 3 rings (SSSR count). The van der Waals surface area contributed by atoms with Crippen LogP contribution in [0.15, 0.2) is 17.6 Å². The second kappa shape index (κ2) is 5.65. The molecule has 2 aromatic rings. The van der Waals surface area contributed by atoms with E-state index in [-0.39, 0.29) is 12.1 Å². The van der Waals surface area contributed by atoms with Gasteiger partial charge in [-0.1, -0.05) is 0 Å². The number of nitrogens with two attached hydrogens (primary N) is 1. The number of ether oxygens (including phenoxy) is 1. The zero-order valence-electron chi connectivity index (χ0n) is 11.0. The fourth-order valence-electron chi connectivity index (χ4n) is 2.46. The average molecular weight is 288 g/mol. The first-order chi connectivity index (χ1) is 9.78. The summed E-state index contributed by atoms with van der Waals surface area (Å²) in [5, 5.41) is 14.2. The number of nitrogens with one attached hydrogen (secondary N) is 1. The van der Waals surface area contributed by atoms with Crippen LogP contribution >= 0.6 is 11.3 Å². The second-order valence-corrected chi connectivity index (χ2v) is 5.88. The molecule has 0 spiro atoms. The van der Waals surface area contributed by atoms with Crippen molar-refractivity contribution >= 4 is 32.9 Å². The molecule has 20 heavy (non-hydrogen) atoms. The van der Waals surface area contributed by atoms with Crippen molar-refractivity contribution in [2.24, 2.45) is 0 Å². The molecule has 2 atom stereocenters. The maximum Gasteiger partial charge on any atom is 0.0832 e. The Balaban J connectivity index is 1.73. The number of nitriles is 1. The number of thiophene rings is 1. The van der Waals surface area contributed by atoms with E-state index < -0.39 is 0 Å². The normalized spacial score (nSPS) is 22.6. The lowest BCUT2D eigenvalue weighted by Crippen LogP contribution is -2.34. The van der Waals surface area contributed by atoms with E-state index in [1.54, 1.807) is 17.5 Å². The van der Waals surface area contributed by atoms with Crippen LogP contribution in [-0.4, -0.2) is 23.7 Å². The van der Waals surface area contributed by atoms with Gasteiger partial charge in [0.1, 0.15) is 0 Å². The van der Waals surface area contributed by atoms with Crippen molar-refractivity contribution in [1.29, 1.82) is 5.26 Å². The predicted molar refractivity (Wildman–Crippen MR) is 80.6 cm³/mol. The number of nitrogens with zero attached hydrogens (tertiary/aromatic N) is 2. The highest BCUT2D eigenvalue weighted by Crippen LogP contribution is 2.33. The molecule has 1 saturated heterocycles. The Labute approximate surface area is 121 Å². The zero-order chi connectivity index (χ0) is 13.9. The average Bonchev–Trinajstić information content (AvgIpc) is 2.93. The number of aromatic nitrogens is 1. The van der Waals surface area contributed by atoms with E-state index in [0.29, 0.717) is 18.7 Å². The molecule has 1 aliphatic heterocycles. The SMILES string of the molecule is N#CC[C@@H]1CCC(Nc2c(N)cnc3ccsc23)CO1. The Bertz CT molecular complexity index is 640. The van der Waals surface area contributed by atoms with Gasteiger partial charge in [0.05, 0.1) is 53.0 Å². The molecular formula is C14H16N4OS. The molecule has 104 valence electrons. The van der Waals surface area contributed by atoms with Gasteiger partial charge in [0, 0.05) is 6.04 Å². The molecule has 3 heterocycles. The third-order valence-electron chi connectivity index (χ3n) is 3.54. The zero-order valence-corrected chi connectivity index (χ0v) is 11.8. The summed E-state index contributed by atoms with van der Waals surface area (Å²) < 4.78 is 6.79. The summed E-state index contributed by atoms with van der Waals surface area (Å²) in [4.78, 5) is 4.31. The first-order valence-electron chi connectivity index (χ1n) is 6.64. The highest BCUT2D eigenvalue weighted by Gasteiger charge is 2.22. The number of rotatable bonds is 3. The van der Waals surface area contributed by atoms with Gasteiger partial charge in [-0.15, -0.1) is 11.3 Å². The highest BCUT2D eigenvalue weighted by atomic mass is 32.1. The quantitative estimate of drug-likeness (QED) is 0.907. The molecule has 1 aliphatic rings. The van der Waals surface area contributed by atoms with Crippen molar-refractivity contribution in [2.45, 2.75) is 31.4 Å². The van der Waals surface area contributed by atoms with Crippen LogP contribution in [0.3, 0.4) is 0 Å². The summed E-state index contributed by atoms with van der Waals surface area (Å²) in [6, 6.07) is 4.39. The van der Waals surface area contributed by atoms with Crippen molar-refractivity contribution in [3.8, 4) is 6.07 Å². The lowest BCUT2D eigenvalue weighted by molar-refractivity contribution is 0.0127. The van der Waals surface area contributed by atoms with Crippen molar-refractivity contribution in [2.75, 3.05) is 17.7 Å². The van der Waals surface area contributed by atoms with Crippen molar-refractivity contribution < 1.29 is 4.74 Å². The maximum atomic E-state index is 8.68. The first-order valence-corrected chi connectivity index (χ1v) is 7.52. The van der Waals surface area contributed by atoms with Gasteiger partial charge < -0.3 is 15.8 Å². The lowest BCUT2D eigenvalue weighted by atomic mass is 10.0. The third-order valence-corrected chi connectivity index (χ3v) is 4.46. The van der Waals surface area contributed by atoms with E-state index in [1.165, 1.54) is 0 Å². The number of hydrogen-bond acceptors (Lipinski definition) is 6. The molecule has 0 radical (unpaired) electrons. The van der Waals surface area contributed by atoms with E-state index in [9.17, 15) is 0 Å². The van der Waals surface area contributed by atoms with E-state index >= 15 is 0 Å². The van der Waals surface area contributed by atoms with Crippen molar-refractivity contribution in [1.82, 2.24) is 4.98 Å². The van der Waals surface area contributed by atoms with Gasteiger partial charge in [-0.3, -0.25) is 4.98 Å². The summed E-state index contributed by atoms with van der Waals surface area (Å²) >= 11 is 1.64. The minimum atomic E-state index is 0.0783. The topological polar surface area (TPSA) is 84.0 Å². The van der Waals surface area contributed by atoms with Crippen molar-refractivity contribution in [3.05, 3.63) is 17.6 Å². The van der Waals surface area contributed by atoms with Gasteiger partial charge in [0.25, 0.3) is 0 Å². The number of pyridine rings is 1. The molecule has 6 heteroatoms. The van der Waals surface area contributed by atoms with E-state index in [0.717, 1.165) is 28.7 Å². The Morgan fingerprint density at radius 1 is 1.55 bits per heavy atom. The molecule has 1 fully saturated rings. The molecule has 3 N–H and O–H groups in total. The summed E-state index contributed by atoms with van der Waals surface area (Å²) in [6.45, 7) is 0.612. The first kappa shape index (κ1) is 13.2. The maximum absolute atomic E-state index is 8.68. The monoisotopic (exact) mass is 288 g/mol. The summed E-state index contributed by atoms with van der Waals surface area (Å²) in [5.41, 5.74) is 8.62. The van der Waals surface area contributed by atoms with E-state index in [2.05, 4.69) is 16.4 Å². The van der Waals surface area contributed by atoms with Crippen LogP contribution in [0.4, 0.5) is 11.4 Å². The molecular weight excluding hydrogens is 272 g/mol. The largest absolute Gasteiger partial charge is 0.396 e. The summed E-state index contributed by atoms with van der Waals surface area (Å²) in [7, 11) is 0. The third kappa shape index (κ3) is 2.55. The summed E-state index contributed by atoms with van der Waals surface area (Å²) in [5.74, 6) is 0. The molecule has 2 aromatic heterocycles. The van der Waals surface area contributed by atoms with Crippen LogP contribution in [0.25, 0.3) is 10.2 Å². The Hall–Kier alpha value is -1.84. The van der Waals surface area contributed by atoms with Crippen LogP contribution in [0, 0.1) is 11.3 Å². The van der Waals surface area contributed by atoms with Gasteiger partial charge >= 0.3 is 0 Å². The van der Waals surface area contributed by atoms with Crippen LogP contribution in [0.5, 0.6) is 0 Å². The molecule has 0 aromatic carbocycles. The fraction of sp³-hybridized carbons (Fsp3) is 0.429. The minimum Gasteiger partial charge on any atom is -0.396 e. The molecule has 0 aliphatic carbocycles. The summed E-state index contributed by atoms with van der Waals surface area (Å²) in [6.07, 6.45) is 4.14. The Kier molecular flexibility index (Phi) is 3.72. The molecule has 0 amide bonds. The van der Waals surface area contributed by atoms with Gasteiger partial charge in [-0.25, -0.2) is 0 Å². The van der Waals surface area contributed by atoms with E-state index in [4.69, 9.17) is 15.7 Å². The van der Waals surface area contributed by atoms with Gasteiger partial charge in [0.2, 0.25) is 0 Å². The van der Waals surface area contributed by atoms with E-state index in [1.807, 2.05) is 11.4 Å². The Morgan fingerprint density at radius 3 is 3.20 bits per heavy atom. The Morgan fingerprint density at radius 2 is 2.45 bits per heavy atom. The molecule has 1 unspecified atom stereocenters. The molecule has 5 nitrogen and oxygen atoms in total. The standard InChI is InChI=1S/C14H16N4OS/c15-5-3-10-2-1-9(8-19-10)18-13-11(16)7-17-12-4-6-20-14(12)13/h4,6-7,9-10H,1-3,8,16H2,(H,17,18)/t9?,10-/m0/s1. The number of nitrogen functional groups attached to an aromatic ring is 1. The van der Waals surface area contributed by atoms with Crippen LogP contribution in [0.1, 0.15) is 19.3 Å². The van der Waals surface area contributed by atoms with Crippen molar-refractivity contribution in [3.63, 3.8) is 0 Å². The van der Waals surface area contributed by atoms with Crippen LogP contribution < -0.4 is 11.1 Å².